The first-order valence-electron chi connectivity index (χ1n) is 10.1. The average molecular weight is 435 g/mol. The third kappa shape index (κ3) is 4.69. The number of hydrogen-bond donors (Lipinski definition) is 1. The Balaban J connectivity index is 1.37. The highest BCUT2D eigenvalue weighted by molar-refractivity contribution is 7.86. The van der Waals surface area contributed by atoms with Gasteiger partial charge < -0.3 is 10.1 Å². The van der Waals surface area contributed by atoms with Crippen LogP contribution >= 0.6 is 0 Å². The van der Waals surface area contributed by atoms with Crippen LogP contribution in [0.15, 0.2) is 36.5 Å². The summed E-state index contributed by atoms with van der Waals surface area (Å²) in [5, 5.41) is 10.8. The minimum atomic E-state index is -3.53. The van der Waals surface area contributed by atoms with Crippen LogP contribution in [-0.4, -0.2) is 76.8 Å². The van der Waals surface area contributed by atoms with Gasteiger partial charge in [-0.05, 0) is 18.4 Å². The predicted octanol–water partition coefficient (Wildman–Crippen LogP) is 0.250. The second-order valence-corrected chi connectivity index (χ2v) is 9.30. The standard InChI is InChI=1S/C19H26N6O4S/c26-19(20-13-16-5-2-1-3-6-16)18-15-23(22-21-18)14-17-7-4-8-25(17)30(27,28)24-9-11-29-12-10-24/h1-3,5-6,15,17H,4,7-14H2,(H,20,26)/t17-/m0/s1. The van der Waals surface area contributed by atoms with Crippen molar-refractivity contribution in [2.45, 2.75) is 32.0 Å². The molecule has 0 radical (unpaired) electrons. The van der Waals surface area contributed by atoms with Crippen molar-refractivity contribution in [3.63, 3.8) is 0 Å². The molecular weight excluding hydrogens is 408 g/mol. The van der Waals surface area contributed by atoms with Gasteiger partial charge in [-0.3, -0.25) is 9.48 Å². The molecule has 1 aromatic carbocycles. The zero-order chi connectivity index (χ0) is 21.0. The Kier molecular flexibility index (Phi) is 6.42. The maximum absolute atomic E-state index is 13.0. The number of aromatic nitrogens is 3. The topological polar surface area (TPSA) is 110 Å². The highest BCUT2D eigenvalue weighted by atomic mass is 32.2. The Labute approximate surface area is 176 Å². The number of nitrogens with zero attached hydrogens (tertiary/aromatic N) is 5. The van der Waals surface area contributed by atoms with E-state index in [2.05, 4.69) is 15.6 Å². The molecule has 11 heteroatoms. The van der Waals surface area contributed by atoms with Gasteiger partial charge in [0.15, 0.2) is 5.69 Å². The van der Waals surface area contributed by atoms with E-state index in [4.69, 9.17) is 4.74 Å². The summed E-state index contributed by atoms with van der Waals surface area (Å²) in [6.07, 6.45) is 3.12. The molecule has 1 atom stereocenters. The molecule has 1 N–H and O–H groups in total. The number of hydrogen-bond acceptors (Lipinski definition) is 6. The summed E-state index contributed by atoms with van der Waals surface area (Å²) in [7, 11) is -3.53. The molecule has 2 fully saturated rings. The molecule has 1 amide bonds. The molecule has 0 bridgehead atoms. The summed E-state index contributed by atoms with van der Waals surface area (Å²) < 4.78 is 35.9. The molecular formula is C19H26N6O4S. The third-order valence-electron chi connectivity index (χ3n) is 5.38. The van der Waals surface area contributed by atoms with Crippen LogP contribution < -0.4 is 5.32 Å². The minimum absolute atomic E-state index is 0.209. The molecule has 2 saturated heterocycles. The number of benzene rings is 1. The molecule has 2 aromatic rings. The SMILES string of the molecule is O=C(NCc1ccccc1)c1cn(C[C@@H]2CCCN2S(=O)(=O)N2CCOCC2)nn1. The third-order valence-corrected chi connectivity index (χ3v) is 7.47. The van der Waals surface area contributed by atoms with Gasteiger partial charge in [0, 0.05) is 32.2 Å². The molecule has 4 rings (SSSR count). The maximum atomic E-state index is 13.0. The summed E-state index contributed by atoms with van der Waals surface area (Å²) >= 11 is 0. The molecule has 10 nitrogen and oxygen atoms in total. The molecule has 0 saturated carbocycles. The van der Waals surface area contributed by atoms with Crippen molar-refractivity contribution in [3.8, 4) is 0 Å². The lowest BCUT2D eigenvalue weighted by atomic mass is 10.2. The van der Waals surface area contributed by atoms with Crippen LogP contribution in [0.4, 0.5) is 0 Å². The van der Waals surface area contributed by atoms with Crippen molar-refractivity contribution in [1.82, 2.24) is 28.9 Å². The second-order valence-electron chi connectivity index (χ2n) is 7.42. The number of nitrogens with one attached hydrogen (secondary N) is 1. The van der Waals surface area contributed by atoms with Crippen molar-refractivity contribution in [3.05, 3.63) is 47.8 Å². The zero-order valence-corrected chi connectivity index (χ0v) is 17.5. The normalized spacial score (nSPS) is 21.0. The van der Waals surface area contributed by atoms with Gasteiger partial charge in [0.05, 0.1) is 26.0 Å². The van der Waals surface area contributed by atoms with Gasteiger partial charge in [0.2, 0.25) is 0 Å². The summed E-state index contributed by atoms with van der Waals surface area (Å²) in [5.74, 6) is -0.311. The fourth-order valence-corrected chi connectivity index (χ4v) is 5.61. The van der Waals surface area contributed by atoms with Crippen LogP contribution in [0.2, 0.25) is 0 Å². The number of morpholine rings is 1. The highest BCUT2D eigenvalue weighted by Crippen LogP contribution is 2.25. The molecule has 2 aliphatic rings. The Bertz CT molecular complexity index is 958. The lowest BCUT2D eigenvalue weighted by Gasteiger charge is -2.32. The maximum Gasteiger partial charge on any atom is 0.282 e. The van der Waals surface area contributed by atoms with Gasteiger partial charge in [-0.25, -0.2) is 0 Å². The minimum Gasteiger partial charge on any atom is -0.379 e. The zero-order valence-electron chi connectivity index (χ0n) is 16.7. The van der Waals surface area contributed by atoms with Crippen molar-refractivity contribution < 1.29 is 17.9 Å². The Morgan fingerprint density at radius 1 is 1.17 bits per heavy atom. The Morgan fingerprint density at radius 2 is 1.93 bits per heavy atom. The quantitative estimate of drug-likeness (QED) is 0.669. The number of ether oxygens (including phenoxy) is 1. The number of rotatable bonds is 7. The number of carbonyl (C=O) groups is 1. The van der Waals surface area contributed by atoms with Gasteiger partial charge >= 0.3 is 0 Å². The van der Waals surface area contributed by atoms with Crippen LogP contribution in [0, 0.1) is 0 Å². The van der Waals surface area contributed by atoms with E-state index >= 15 is 0 Å². The summed E-state index contributed by atoms with van der Waals surface area (Å²) in [6, 6.07) is 9.40. The van der Waals surface area contributed by atoms with E-state index in [-0.39, 0.29) is 17.6 Å². The van der Waals surface area contributed by atoms with Crippen LogP contribution in [0.1, 0.15) is 28.9 Å². The van der Waals surface area contributed by atoms with E-state index in [1.54, 1.807) is 15.2 Å². The molecule has 3 heterocycles. The Hall–Kier alpha value is -2.34. The van der Waals surface area contributed by atoms with E-state index < -0.39 is 10.2 Å². The fraction of sp³-hybridized carbons (Fsp3) is 0.526. The highest BCUT2D eigenvalue weighted by Gasteiger charge is 2.38. The monoisotopic (exact) mass is 434 g/mol. The second kappa shape index (κ2) is 9.21. The molecule has 0 spiro atoms. The van der Waals surface area contributed by atoms with Crippen molar-refractivity contribution in [2.24, 2.45) is 0 Å². The van der Waals surface area contributed by atoms with Crippen LogP contribution in [-0.2, 0) is 28.0 Å². The molecule has 162 valence electrons. The lowest BCUT2D eigenvalue weighted by Crippen LogP contribution is -2.50. The number of amides is 1. The molecule has 2 aliphatic heterocycles. The molecule has 0 aliphatic carbocycles. The summed E-state index contributed by atoms with van der Waals surface area (Å²) in [5.41, 5.74) is 1.21. The average Bonchev–Trinajstić information content (AvgIpc) is 3.44. The van der Waals surface area contributed by atoms with Crippen LogP contribution in [0.5, 0.6) is 0 Å². The van der Waals surface area contributed by atoms with E-state index in [1.807, 2.05) is 30.3 Å². The largest absolute Gasteiger partial charge is 0.379 e. The lowest BCUT2D eigenvalue weighted by molar-refractivity contribution is 0.0697. The van der Waals surface area contributed by atoms with Crippen LogP contribution in [0.3, 0.4) is 0 Å². The fourth-order valence-electron chi connectivity index (χ4n) is 3.80. The van der Waals surface area contributed by atoms with Crippen molar-refractivity contribution in [1.29, 1.82) is 0 Å². The van der Waals surface area contributed by atoms with E-state index in [1.165, 1.54) is 4.31 Å². The molecule has 0 unspecified atom stereocenters. The molecule has 1 aromatic heterocycles. The first-order chi connectivity index (χ1) is 14.5. The van der Waals surface area contributed by atoms with Gasteiger partial charge in [0.25, 0.3) is 16.1 Å². The van der Waals surface area contributed by atoms with Crippen LogP contribution in [0.25, 0.3) is 0 Å². The predicted molar refractivity (Wildman–Crippen MR) is 109 cm³/mol. The van der Waals surface area contributed by atoms with E-state index in [0.717, 1.165) is 18.4 Å². The first-order valence-corrected chi connectivity index (χ1v) is 11.5. The summed E-state index contributed by atoms with van der Waals surface area (Å²) in [4.78, 5) is 12.3. The van der Waals surface area contributed by atoms with Gasteiger partial charge in [-0.15, -0.1) is 5.10 Å². The Morgan fingerprint density at radius 3 is 2.70 bits per heavy atom. The molecule has 30 heavy (non-hydrogen) atoms. The van der Waals surface area contributed by atoms with Gasteiger partial charge in [-0.2, -0.15) is 17.0 Å². The van der Waals surface area contributed by atoms with Crippen molar-refractivity contribution in [2.75, 3.05) is 32.8 Å². The first kappa shape index (κ1) is 20.9. The van der Waals surface area contributed by atoms with E-state index in [9.17, 15) is 13.2 Å². The van der Waals surface area contributed by atoms with E-state index in [0.29, 0.717) is 45.9 Å². The van der Waals surface area contributed by atoms with Crippen molar-refractivity contribution >= 4 is 16.1 Å². The van der Waals surface area contributed by atoms with Gasteiger partial charge in [0.1, 0.15) is 0 Å². The number of carbonyl (C=O) groups excluding carboxylic acids is 1. The van der Waals surface area contributed by atoms with Gasteiger partial charge in [-0.1, -0.05) is 35.5 Å². The summed E-state index contributed by atoms with van der Waals surface area (Å²) in [6.45, 7) is 2.85. The smallest absolute Gasteiger partial charge is 0.282 e.